The van der Waals surface area contributed by atoms with E-state index >= 15 is 0 Å². The summed E-state index contributed by atoms with van der Waals surface area (Å²) in [6.45, 7) is 3.64. The molecule has 0 unspecified atom stereocenters. The molecular formula is C22H29N3O5. The van der Waals surface area contributed by atoms with E-state index in [0.29, 0.717) is 49.9 Å². The maximum atomic E-state index is 12.9. The largest absolute Gasteiger partial charge is 0.493 e. The average molecular weight is 415 g/mol. The third-order valence-corrected chi connectivity index (χ3v) is 5.33. The van der Waals surface area contributed by atoms with Crippen LogP contribution in [0.25, 0.3) is 0 Å². The number of hydrogen-bond donors (Lipinski definition) is 2. The number of carbonyl (C=O) groups excluding carboxylic acids is 2. The smallest absolute Gasteiger partial charge is 0.317 e. The molecule has 2 atom stereocenters. The molecule has 0 aliphatic carbocycles. The number of ether oxygens (including phenoxy) is 2. The molecule has 3 rings (SSSR count). The van der Waals surface area contributed by atoms with Gasteiger partial charge in [0.05, 0.1) is 32.9 Å². The van der Waals surface area contributed by atoms with E-state index in [0.717, 1.165) is 5.56 Å². The minimum atomic E-state index is -0.325. The number of furan rings is 1. The van der Waals surface area contributed by atoms with Crippen molar-refractivity contribution in [1.29, 1.82) is 0 Å². The Hall–Kier alpha value is -3.16. The molecule has 8 nitrogen and oxygen atoms in total. The normalized spacial score (nSPS) is 18.6. The molecule has 3 amide bonds. The minimum absolute atomic E-state index is 0.000486. The molecule has 1 aromatic heterocycles. The molecule has 0 spiro atoms. The van der Waals surface area contributed by atoms with Crippen molar-refractivity contribution in [3.63, 3.8) is 0 Å². The lowest BCUT2D eigenvalue weighted by Gasteiger charge is -2.37. The first-order chi connectivity index (χ1) is 14.5. The number of urea groups is 1. The van der Waals surface area contributed by atoms with Gasteiger partial charge < -0.3 is 29.4 Å². The zero-order chi connectivity index (χ0) is 21.5. The summed E-state index contributed by atoms with van der Waals surface area (Å²) < 4.78 is 16.0. The molecule has 162 valence electrons. The third kappa shape index (κ3) is 5.06. The molecule has 1 fully saturated rings. The summed E-state index contributed by atoms with van der Waals surface area (Å²) in [4.78, 5) is 27.1. The van der Waals surface area contributed by atoms with Crippen molar-refractivity contribution < 1.29 is 23.5 Å². The van der Waals surface area contributed by atoms with E-state index in [1.54, 1.807) is 31.4 Å². The van der Waals surface area contributed by atoms with Gasteiger partial charge in [-0.2, -0.15) is 0 Å². The molecule has 1 saturated heterocycles. The molecular weight excluding hydrogens is 386 g/mol. The second-order valence-electron chi connectivity index (χ2n) is 7.28. The van der Waals surface area contributed by atoms with Crippen LogP contribution in [-0.4, -0.2) is 50.7 Å². The Bertz CT molecular complexity index is 852. The molecule has 1 aliphatic heterocycles. The van der Waals surface area contributed by atoms with E-state index in [1.165, 1.54) is 0 Å². The Labute approximate surface area is 176 Å². The van der Waals surface area contributed by atoms with Gasteiger partial charge in [0.25, 0.3) is 0 Å². The van der Waals surface area contributed by atoms with E-state index < -0.39 is 0 Å². The highest BCUT2D eigenvalue weighted by Crippen LogP contribution is 2.35. The molecule has 0 bridgehead atoms. The predicted molar refractivity (Wildman–Crippen MR) is 112 cm³/mol. The molecule has 0 radical (unpaired) electrons. The summed E-state index contributed by atoms with van der Waals surface area (Å²) in [5.41, 5.74) is 1.01. The summed E-state index contributed by atoms with van der Waals surface area (Å²) in [6.07, 6.45) is 2.21. The maximum absolute atomic E-state index is 12.9. The van der Waals surface area contributed by atoms with E-state index in [-0.39, 0.29) is 23.8 Å². The maximum Gasteiger partial charge on any atom is 0.317 e. The van der Waals surface area contributed by atoms with Crippen molar-refractivity contribution in [1.82, 2.24) is 15.5 Å². The molecule has 1 aromatic carbocycles. The topological polar surface area (TPSA) is 93.0 Å². The average Bonchev–Trinajstić information content (AvgIpc) is 3.30. The van der Waals surface area contributed by atoms with Gasteiger partial charge >= 0.3 is 6.03 Å². The fraction of sp³-hybridized carbons (Fsp3) is 0.455. The fourth-order valence-electron chi connectivity index (χ4n) is 3.80. The van der Waals surface area contributed by atoms with Crippen LogP contribution in [0.15, 0.2) is 41.0 Å². The fourth-order valence-corrected chi connectivity index (χ4v) is 3.80. The van der Waals surface area contributed by atoms with Crippen molar-refractivity contribution in [2.75, 3.05) is 33.9 Å². The lowest BCUT2D eigenvalue weighted by molar-refractivity contribution is -0.126. The standard InChI is InChI=1S/C22H29N3O5/c1-4-23-22(27)25-13-16(15-7-8-19(28-2)20(11-15)29-3)10-17(14-25)21(26)24-12-18-6-5-9-30-18/h5-9,11,16-17H,4,10,12-14H2,1-3H3,(H,23,27)(H,24,26)/t16-,17+/m1/s1. The molecule has 8 heteroatoms. The number of benzene rings is 1. The molecule has 2 aromatic rings. The van der Waals surface area contributed by atoms with E-state index in [2.05, 4.69) is 10.6 Å². The summed E-state index contributed by atoms with van der Waals surface area (Å²) in [7, 11) is 3.18. The predicted octanol–water partition coefficient (Wildman–Crippen LogP) is 2.75. The zero-order valence-corrected chi connectivity index (χ0v) is 17.6. The number of methoxy groups -OCH3 is 2. The number of nitrogens with zero attached hydrogens (tertiary/aromatic N) is 1. The highest BCUT2D eigenvalue weighted by Gasteiger charge is 2.34. The number of nitrogens with one attached hydrogen (secondary N) is 2. The Morgan fingerprint density at radius 1 is 1.13 bits per heavy atom. The van der Waals surface area contributed by atoms with Crippen molar-refractivity contribution in [3.8, 4) is 11.5 Å². The van der Waals surface area contributed by atoms with Gasteiger partial charge in [-0.05, 0) is 43.2 Å². The van der Waals surface area contributed by atoms with E-state index in [9.17, 15) is 9.59 Å². The Balaban J connectivity index is 1.78. The second-order valence-corrected chi connectivity index (χ2v) is 7.28. The number of hydrogen-bond acceptors (Lipinski definition) is 5. The Morgan fingerprint density at radius 3 is 2.60 bits per heavy atom. The van der Waals surface area contributed by atoms with Gasteiger partial charge in [-0.3, -0.25) is 4.79 Å². The zero-order valence-electron chi connectivity index (χ0n) is 17.6. The van der Waals surface area contributed by atoms with Crippen LogP contribution in [0.3, 0.4) is 0 Å². The van der Waals surface area contributed by atoms with Gasteiger partial charge in [0.2, 0.25) is 5.91 Å². The highest BCUT2D eigenvalue weighted by atomic mass is 16.5. The quantitative estimate of drug-likeness (QED) is 0.725. The van der Waals surface area contributed by atoms with Crippen LogP contribution in [0.4, 0.5) is 4.79 Å². The Kier molecular flexibility index (Phi) is 7.21. The van der Waals surface area contributed by atoms with Gasteiger partial charge in [0, 0.05) is 25.6 Å². The van der Waals surface area contributed by atoms with Gasteiger partial charge in [-0.1, -0.05) is 6.07 Å². The van der Waals surface area contributed by atoms with Crippen LogP contribution < -0.4 is 20.1 Å². The second kappa shape index (κ2) is 10.0. The number of amides is 3. The van der Waals surface area contributed by atoms with Gasteiger partial charge in [0.15, 0.2) is 11.5 Å². The van der Waals surface area contributed by atoms with Gasteiger partial charge in [0.1, 0.15) is 5.76 Å². The van der Waals surface area contributed by atoms with E-state index in [4.69, 9.17) is 13.9 Å². The van der Waals surface area contributed by atoms with Crippen LogP contribution in [0.5, 0.6) is 11.5 Å². The first-order valence-corrected chi connectivity index (χ1v) is 10.1. The van der Waals surface area contributed by atoms with Crippen molar-refractivity contribution in [2.24, 2.45) is 5.92 Å². The molecule has 30 heavy (non-hydrogen) atoms. The summed E-state index contributed by atoms with van der Waals surface area (Å²) >= 11 is 0. The molecule has 2 heterocycles. The SMILES string of the molecule is CCNC(=O)N1C[C@@H](C(=O)NCc2ccco2)C[C@@H](c2ccc(OC)c(OC)c2)C1. The van der Waals surface area contributed by atoms with Gasteiger partial charge in [-0.15, -0.1) is 0 Å². The minimum Gasteiger partial charge on any atom is -0.493 e. The van der Waals surface area contributed by atoms with Crippen molar-refractivity contribution >= 4 is 11.9 Å². The third-order valence-electron chi connectivity index (χ3n) is 5.33. The first-order valence-electron chi connectivity index (χ1n) is 10.1. The van der Waals surface area contributed by atoms with Crippen LogP contribution in [-0.2, 0) is 11.3 Å². The number of piperidine rings is 1. The van der Waals surface area contributed by atoms with Crippen LogP contribution in [0, 0.1) is 5.92 Å². The van der Waals surface area contributed by atoms with Gasteiger partial charge in [-0.25, -0.2) is 4.79 Å². The summed E-state index contributed by atoms with van der Waals surface area (Å²) in [6, 6.07) is 9.17. The van der Waals surface area contributed by atoms with Crippen LogP contribution >= 0.6 is 0 Å². The number of carbonyl (C=O) groups is 2. The lowest BCUT2D eigenvalue weighted by atomic mass is 9.84. The monoisotopic (exact) mass is 415 g/mol. The highest BCUT2D eigenvalue weighted by molar-refractivity contribution is 5.81. The number of likely N-dealkylation sites (tertiary alicyclic amines) is 1. The van der Waals surface area contributed by atoms with Crippen LogP contribution in [0.2, 0.25) is 0 Å². The molecule has 2 N–H and O–H groups in total. The molecule has 0 saturated carbocycles. The first kappa shape index (κ1) is 21.5. The molecule has 1 aliphatic rings. The lowest BCUT2D eigenvalue weighted by Crippen LogP contribution is -2.51. The summed E-state index contributed by atoms with van der Waals surface area (Å²) in [5, 5.41) is 5.76. The number of rotatable bonds is 7. The van der Waals surface area contributed by atoms with E-state index in [1.807, 2.05) is 31.2 Å². The summed E-state index contributed by atoms with van der Waals surface area (Å²) in [5.74, 6) is 1.55. The Morgan fingerprint density at radius 2 is 1.93 bits per heavy atom. The van der Waals surface area contributed by atoms with Crippen molar-refractivity contribution in [3.05, 3.63) is 47.9 Å². The van der Waals surface area contributed by atoms with Crippen LogP contribution in [0.1, 0.15) is 30.6 Å². The van der Waals surface area contributed by atoms with Crippen molar-refractivity contribution in [2.45, 2.75) is 25.8 Å².